The van der Waals surface area contributed by atoms with E-state index in [0.29, 0.717) is 0 Å². The zero-order valence-electron chi connectivity index (χ0n) is 12.8. The van der Waals surface area contributed by atoms with Crippen molar-refractivity contribution in [3.8, 4) is 11.5 Å². The minimum atomic E-state index is 0.758. The third kappa shape index (κ3) is 3.10. The minimum Gasteiger partial charge on any atom is -0.455 e. The molecule has 1 aliphatic rings. The Hall–Kier alpha value is -2.66. The Bertz CT molecular complexity index is 784. The largest absolute Gasteiger partial charge is 0.455 e. The Morgan fingerprint density at radius 2 is 2.00 bits per heavy atom. The number of hydrogen-bond acceptors (Lipinski definition) is 4. The van der Waals surface area contributed by atoms with E-state index in [-0.39, 0.29) is 0 Å². The average molecular weight is 306 g/mol. The van der Waals surface area contributed by atoms with Gasteiger partial charge in [0.1, 0.15) is 17.3 Å². The van der Waals surface area contributed by atoms with Crippen LogP contribution >= 0.6 is 0 Å². The second-order valence-corrected chi connectivity index (χ2v) is 5.65. The quantitative estimate of drug-likeness (QED) is 0.743. The van der Waals surface area contributed by atoms with Crippen LogP contribution in [0.4, 0.5) is 0 Å². The van der Waals surface area contributed by atoms with E-state index < -0.39 is 0 Å². The van der Waals surface area contributed by atoms with Gasteiger partial charge in [0, 0.05) is 43.8 Å². The van der Waals surface area contributed by atoms with Crippen molar-refractivity contribution in [1.82, 2.24) is 19.4 Å². The standard InChI is InChI=1S/C18H18N4O/c1-2-6-17(23-16-5-3-7-19-12-16)15(4-1)13-21-10-11-22-9-8-20-18(22)14-21/h1-9,12H,10-11,13-14H2. The van der Waals surface area contributed by atoms with Crippen LogP contribution in [0.3, 0.4) is 0 Å². The predicted octanol–water partition coefficient (Wildman–Crippen LogP) is 3.09. The molecule has 0 amide bonds. The number of pyridine rings is 1. The van der Waals surface area contributed by atoms with E-state index >= 15 is 0 Å². The first-order valence-corrected chi connectivity index (χ1v) is 7.76. The summed E-state index contributed by atoms with van der Waals surface area (Å²) in [5.74, 6) is 2.77. The fraction of sp³-hybridized carbons (Fsp3) is 0.222. The van der Waals surface area contributed by atoms with Crippen LogP contribution in [-0.2, 0) is 19.6 Å². The van der Waals surface area contributed by atoms with Crippen molar-refractivity contribution in [2.75, 3.05) is 6.54 Å². The lowest BCUT2D eigenvalue weighted by molar-refractivity contribution is 0.207. The van der Waals surface area contributed by atoms with Gasteiger partial charge in [-0.05, 0) is 18.2 Å². The highest BCUT2D eigenvalue weighted by Crippen LogP contribution is 2.26. The van der Waals surface area contributed by atoms with Gasteiger partial charge in [-0.2, -0.15) is 0 Å². The molecule has 0 atom stereocenters. The number of para-hydroxylation sites is 1. The molecule has 0 N–H and O–H groups in total. The molecule has 0 fully saturated rings. The van der Waals surface area contributed by atoms with Crippen LogP contribution in [0.15, 0.2) is 61.2 Å². The third-order valence-electron chi connectivity index (χ3n) is 4.05. The maximum Gasteiger partial charge on any atom is 0.145 e. The molecular formula is C18H18N4O. The molecule has 3 heterocycles. The Morgan fingerprint density at radius 3 is 2.91 bits per heavy atom. The van der Waals surface area contributed by atoms with E-state index in [9.17, 15) is 0 Å². The van der Waals surface area contributed by atoms with Crippen molar-refractivity contribution in [2.45, 2.75) is 19.6 Å². The lowest BCUT2D eigenvalue weighted by atomic mass is 10.1. The van der Waals surface area contributed by atoms with Crippen LogP contribution in [0.1, 0.15) is 11.4 Å². The number of nitrogens with zero attached hydrogens (tertiary/aromatic N) is 4. The van der Waals surface area contributed by atoms with E-state index in [1.54, 1.807) is 12.4 Å². The van der Waals surface area contributed by atoms with Gasteiger partial charge in [-0.3, -0.25) is 9.88 Å². The van der Waals surface area contributed by atoms with Crippen molar-refractivity contribution in [3.63, 3.8) is 0 Å². The van der Waals surface area contributed by atoms with E-state index in [1.165, 1.54) is 5.56 Å². The van der Waals surface area contributed by atoms with E-state index in [4.69, 9.17) is 4.74 Å². The highest BCUT2D eigenvalue weighted by atomic mass is 16.5. The van der Waals surface area contributed by atoms with Crippen LogP contribution in [0, 0.1) is 0 Å². The fourth-order valence-corrected chi connectivity index (χ4v) is 2.87. The smallest absolute Gasteiger partial charge is 0.145 e. The molecule has 1 aliphatic heterocycles. The van der Waals surface area contributed by atoms with E-state index in [0.717, 1.165) is 43.5 Å². The molecule has 1 aromatic carbocycles. The summed E-state index contributed by atoms with van der Waals surface area (Å²) in [6.45, 7) is 3.73. The van der Waals surface area contributed by atoms with Gasteiger partial charge < -0.3 is 9.30 Å². The number of benzene rings is 1. The van der Waals surface area contributed by atoms with Gasteiger partial charge in [0.25, 0.3) is 0 Å². The zero-order valence-corrected chi connectivity index (χ0v) is 12.8. The summed E-state index contributed by atoms with van der Waals surface area (Å²) in [5.41, 5.74) is 1.18. The molecule has 5 nitrogen and oxygen atoms in total. The predicted molar refractivity (Wildman–Crippen MR) is 87.1 cm³/mol. The van der Waals surface area contributed by atoms with E-state index in [2.05, 4.69) is 31.6 Å². The second kappa shape index (κ2) is 6.22. The molecule has 0 spiro atoms. The zero-order chi connectivity index (χ0) is 15.5. The molecule has 0 saturated carbocycles. The molecule has 0 unspecified atom stereocenters. The first-order valence-electron chi connectivity index (χ1n) is 7.76. The number of hydrogen-bond donors (Lipinski definition) is 0. The molecule has 2 aromatic heterocycles. The molecule has 116 valence electrons. The molecular weight excluding hydrogens is 288 g/mol. The van der Waals surface area contributed by atoms with Gasteiger partial charge in [-0.15, -0.1) is 0 Å². The minimum absolute atomic E-state index is 0.758. The molecule has 0 radical (unpaired) electrons. The maximum absolute atomic E-state index is 6.00. The second-order valence-electron chi connectivity index (χ2n) is 5.65. The van der Waals surface area contributed by atoms with Crippen molar-refractivity contribution >= 4 is 0 Å². The first kappa shape index (κ1) is 14.0. The average Bonchev–Trinajstić information content (AvgIpc) is 3.05. The summed E-state index contributed by atoms with van der Waals surface area (Å²) in [6.07, 6.45) is 7.40. The van der Waals surface area contributed by atoms with Gasteiger partial charge in [-0.25, -0.2) is 4.98 Å². The first-order chi connectivity index (χ1) is 11.4. The topological polar surface area (TPSA) is 43.2 Å². The van der Waals surface area contributed by atoms with Crippen LogP contribution in [-0.4, -0.2) is 26.0 Å². The summed E-state index contributed by atoms with van der Waals surface area (Å²) < 4.78 is 8.21. The summed E-state index contributed by atoms with van der Waals surface area (Å²) in [4.78, 5) is 10.9. The SMILES string of the molecule is c1cncc(Oc2ccccc2CN2CCn3ccnc3C2)c1. The molecule has 0 saturated heterocycles. The lowest BCUT2D eigenvalue weighted by Crippen LogP contribution is -2.33. The van der Waals surface area contributed by atoms with E-state index in [1.807, 2.05) is 36.7 Å². The van der Waals surface area contributed by atoms with Crippen LogP contribution in [0.2, 0.25) is 0 Å². The molecule has 4 rings (SSSR count). The number of rotatable bonds is 4. The normalized spacial score (nSPS) is 14.4. The van der Waals surface area contributed by atoms with Crippen molar-refractivity contribution in [3.05, 3.63) is 72.6 Å². The Morgan fingerprint density at radius 1 is 1.04 bits per heavy atom. The summed E-state index contributed by atoms with van der Waals surface area (Å²) >= 11 is 0. The van der Waals surface area contributed by atoms with Gasteiger partial charge in [-0.1, -0.05) is 18.2 Å². The molecule has 0 bridgehead atoms. The summed E-state index contributed by atoms with van der Waals surface area (Å²) in [5, 5.41) is 0. The fourth-order valence-electron chi connectivity index (χ4n) is 2.87. The summed E-state index contributed by atoms with van der Waals surface area (Å²) in [6, 6.07) is 12.0. The summed E-state index contributed by atoms with van der Waals surface area (Å²) in [7, 11) is 0. The van der Waals surface area contributed by atoms with Crippen LogP contribution in [0.25, 0.3) is 0 Å². The molecule has 23 heavy (non-hydrogen) atoms. The molecule has 5 heteroatoms. The molecule has 3 aromatic rings. The van der Waals surface area contributed by atoms with Gasteiger partial charge in [0.2, 0.25) is 0 Å². The monoisotopic (exact) mass is 306 g/mol. The van der Waals surface area contributed by atoms with Crippen LogP contribution in [0.5, 0.6) is 11.5 Å². The number of aromatic nitrogens is 3. The third-order valence-corrected chi connectivity index (χ3v) is 4.05. The highest BCUT2D eigenvalue weighted by molar-refractivity contribution is 5.37. The number of fused-ring (bicyclic) bond motifs is 1. The lowest BCUT2D eigenvalue weighted by Gasteiger charge is -2.28. The van der Waals surface area contributed by atoms with Gasteiger partial charge in [0.05, 0.1) is 12.7 Å². The maximum atomic E-state index is 6.00. The molecule has 0 aliphatic carbocycles. The Kier molecular flexibility index (Phi) is 3.78. The van der Waals surface area contributed by atoms with Crippen molar-refractivity contribution in [1.29, 1.82) is 0 Å². The van der Waals surface area contributed by atoms with Crippen LogP contribution < -0.4 is 4.74 Å². The Labute approximate surface area is 135 Å². The highest BCUT2D eigenvalue weighted by Gasteiger charge is 2.18. The number of ether oxygens (including phenoxy) is 1. The van der Waals surface area contributed by atoms with Crippen molar-refractivity contribution < 1.29 is 4.74 Å². The Balaban J connectivity index is 1.51. The number of imidazole rings is 1. The van der Waals surface area contributed by atoms with Crippen molar-refractivity contribution in [2.24, 2.45) is 0 Å². The van der Waals surface area contributed by atoms with Gasteiger partial charge >= 0.3 is 0 Å². The van der Waals surface area contributed by atoms with Gasteiger partial charge in [0.15, 0.2) is 0 Å².